The first-order valence-corrected chi connectivity index (χ1v) is 8.92. The van der Waals surface area contributed by atoms with Crippen LogP contribution in [0.3, 0.4) is 0 Å². The van der Waals surface area contributed by atoms with E-state index in [2.05, 4.69) is 5.32 Å². The highest BCUT2D eigenvalue weighted by molar-refractivity contribution is 6.31. The van der Waals surface area contributed by atoms with Crippen LogP contribution >= 0.6 is 11.6 Å². The van der Waals surface area contributed by atoms with Gasteiger partial charge in [-0.3, -0.25) is 9.59 Å². The fraction of sp³-hybridized carbons (Fsp3) is 0.300. The lowest BCUT2D eigenvalue weighted by atomic mass is 10.1. The molecule has 2 aromatic rings. The molecule has 0 aromatic heterocycles. The Balaban J connectivity index is 1.60. The lowest BCUT2D eigenvalue weighted by Crippen LogP contribution is -2.34. The predicted molar refractivity (Wildman–Crippen MR) is 102 cm³/mol. The van der Waals surface area contributed by atoms with Crippen molar-refractivity contribution in [2.45, 2.75) is 12.8 Å². The maximum atomic E-state index is 12.4. The van der Waals surface area contributed by atoms with Crippen LogP contribution in [0.4, 0.5) is 5.69 Å². The monoisotopic (exact) mass is 372 g/mol. The predicted octanol–water partition coefficient (Wildman–Crippen LogP) is 3.06. The molecule has 1 aliphatic heterocycles. The molecule has 1 unspecified atom stereocenters. The Bertz CT molecular complexity index is 795. The van der Waals surface area contributed by atoms with Crippen LogP contribution < -0.4 is 15.0 Å². The molecular weight excluding hydrogens is 352 g/mol. The van der Waals surface area contributed by atoms with Crippen molar-refractivity contribution >= 4 is 29.1 Å². The average molecular weight is 373 g/mol. The lowest BCUT2D eigenvalue weighted by Gasteiger charge is -2.19. The Labute approximate surface area is 157 Å². The molecule has 0 spiro atoms. The number of ether oxygens (including phenoxy) is 1. The summed E-state index contributed by atoms with van der Waals surface area (Å²) in [6.07, 6.45) is 0.950. The minimum atomic E-state index is -0.373. The molecule has 6 heteroatoms. The van der Waals surface area contributed by atoms with Gasteiger partial charge in [0.15, 0.2) is 0 Å². The van der Waals surface area contributed by atoms with Gasteiger partial charge in [0, 0.05) is 24.5 Å². The van der Waals surface area contributed by atoms with Gasteiger partial charge in [0.2, 0.25) is 11.8 Å². The van der Waals surface area contributed by atoms with Crippen molar-refractivity contribution in [3.05, 3.63) is 59.1 Å². The van der Waals surface area contributed by atoms with Crippen molar-refractivity contribution < 1.29 is 14.3 Å². The zero-order chi connectivity index (χ0) is 18.5. The van der Waals surface area contributed by atoms with Crippen molar-refractivity contribution in [2.24, 2.45) is 5.92 Å². The summed E-state index contributed by atoms with van der Waals surface area (Å²) in [6.45, 7) is 0.876. The van der Waals surface area contributed by atoms with Gasteiger partial charge in [-0.1, -0.05) is 41.9 Å². The Morgan fingerprint density at radius 3 is 2.77 bits per heavy atom. The SMILES string of the molecule is COc1ccc(Cl)cc1N1CC(C(=O)NCCc2ccccc2)CC1=O. The molecule has 3 rings (SSSR count). The van der Waals surface area contributed by atoms with Gasteiger partial charge in [-0.15, -0.1) is 0 Å². The summed E-state index contributed by atoms with van der Waals surface area (Å²) in [5, 5.41) is 3.45. The van der Waals surface area contributed by atoms with Crippen molar-refractivity contribution in [3.63, 3.8) is 0 Å². The van der Waals surface area contributed by atoms with Crippen LogP contribution in [-0.4, -0.2) is 32.0 Å². The topological polar surface area (TPSA) is 58.6 Å². The highest BCUT2D eigenvalue weighted by Crippen LogP contribution is 2.35. The van der Waals surface area contributed by atoms with Crippen LogP contribution in [0.5, 0.6) is 5.75 Å². The number of hydrogen-bond donors (Lipinski definition) is 1. The van der Waals surface area contributed by atoms with Gasteiger partial charge >= 0.3 is 0 Å². The van der Waals surface area contributed by atoms with E-state index < -0.39 is 0 Å². The van der Waals surface area contributed by atoms with E-state index in [0.29, 0.717) is 29.5 Å². The molecule has 1 N–H and O–H groups in total. The van der Waals surface area contributed by atoms with Gasteiger partial charge in [0.05, 0.1) is 18.7 Å². The molecule has 2 aromatic carbocycles. The molecular formula is C20H21ClN2O3. The normalized spacial score (nSPS) is 16.6. The van der Waals surface area contributed by atoms with E-state index in [9.17, 15) is 9.59 Å². The molecule has 26 heavy (non-hydrogen) atoms. The Morgan fingerprint density at radius 1 is 1.27 bits per heavy atom. The summed E-state index contributed by atoms with van der Waals surface area (Å²) < 4.78 is 5.32. The Kier molecular flexibility index (Phi) is 5.78. The molecule has 1 saturated heterocycles. The number of nitrogens with zero attached hydrogens (tertiary/aromatic N) is 1. The fourth-order valence-corrected chi connectivity index (χ4v) is 3.28. The zero-order valence-electron chi connectivity index (χ0n) is 14.6. The molecule has 0 aliphatic carbocycles. The molecule has 0 saturated carbocycles. The second-order valence-corrected chi connectivity index (χ2v) is 6.68. The number of amides is 2. The molecule has 2 amide bonds. The maximum absolute atomic E-state index is 12.4. The summed E-state index contributed by atoms with van der Waals surface area (Å²) in [7, 11) is 1.54. The number of nitrogens with one attached hydrogen (secondary N) is 1. The van der Waals surface area contributed by atoms with E-state index in [0.717, 1.165) is 6.42 Å². The zero-order valence-corrected chi connectivity index (χ0v) is 15.3. The first kappa shape index (κ1) is 18.3. The number of carbonyl (C=O) groups is 2. The minimum Gasteiger partial charge on any atom is -0.495 e. The number of benzene rings is 2. The van der Waals surface area contributed by atoms with Gasteiger partial charge in [-0.25, -0.2) is 0 Å². The number of rotatable bonds is 6. The smallest absolute Gasteiger partial charge is 0.227 e. The van der Waals surface area contributed by atoms with Crippen LogP contribution in [0.2, 0.25) is 5.02 Å². The lowest BCUT2D eigenvalue weighted by molar-refractivity contribution is -0.126. The van der Waals surface area contributed by atoms with E-state index in [-0.39, 0.29) is 24.2 Å². The minimum absolute atomic E-state index is 0.0993. The maximum Gasteiger partial charge on any atom is 0.227 e. The summed E-state index contributed by atoms with van der Waals surface area (Å²) >= 11 is 6.05. The Hall–Kier alpha value is -2.53. The summed E-state index contributed by atoms with van der Waals surface area (Å²) in [5.41, 5.74) is 1.77. The third-order valence-electron chi connectivity index (χ3n) is 4.48. The van der Waals surface area contributed by atoms with Crippen LogP contribution in [0.15, 0.2) is 48.5 Å². The number of anilines is 1. The molecule has 1 atom stereocenters. The Morgan fingerprint density at radius 2 is 2.04 bits per heavy atom. The van der Waals surface area contributed by atoms with E-state index in [1.807, 2.05) is 30.3 Å². The van der Waals surface area contributed by atoms with Crippen LogP contribution in [0.25, 0.3) is 0 Å². The molecule has 0 radical (unpaired) electrons. The standard InChI is InChI=1S/C20H21ClN2O3/c1-26-18-8-7-16(21)12-17(18)23-13-15(11-19(23)24)20(25)22-10-9-14-5-3-2-4-6-14/h2-8,12,15H,9-11,13H2,1H3,(H,22,25). The van der Waals surface area contributed by atoms with Crippen molar-refractivity contribution in [2.75, 3.05) is 25.1 Å². The number of carbonyl (C=O) groups excluding carboxylic acids is 2. The van der Waals surface area contributed by atoms with Crippen LogP contribution in [0.1, 0.15) is 12.0 Å². The first-order valence-electron chi connectivity index (χ1n) is 8.54. The molecule has 1 heterocycles. The van der Waals surface area contributed by atoms with Crippen molar-refractivity contribution in [1.82, 2.24) is 5.32 Å². The molecule has 5 nitrogen and oxygen atoms in total. The quantitative estimate of drug-likeness (QED) is 0.847. The summed E-state index contributed by atoms with van der Waals surface area (Å²) in [6, 6.07) is 15.1. The van der Waals surface area contributed by atoms with Crippen LogP contribution in [0, 0.1) is 5.92 Å². The highest BCUT2D eigenvalue weighted by Gasteiger charge is 2.36. The molecule has 0 bridgehead atoms. The van der Waals surface area contributed by atoms with E-state index in [1.165, 1.54) is 5.56 Å². The first-order chi connectivity index (χ1) is 12.6. The summed E-state index contributed by atoms with van der Waals surface area (Å²) in [5.74, 6) is -0.0126. The van der Waals surface area contributed by atoms with Crippen LogP contribution in [-0.2, 0) is 16.0 Å². The van der Waals surface area contributed by atoms with E-state index in [1.54, 1.807) is 30.2 Å². The number of hydrogen-bond acceptors (Lipinski definition) is 3. The van der Waals surface area contributed by atoms with Gasteiger partial charge in [0.25, 0.3) is 0 Å². The van der Waals surface area contributed by atoms with E-state index >= 15 is 0 Å². The van der Waals surface area contributed by atoms with Gasteiger partial charge < -0.3 is 15.0 Å². The number of halogens is 1. The van der Waals surface area contributed by atoms with Gasteiger partial charge in [-0.05, 0) is 30.2 Å². The van der Waals surface area contributed by atoms with E-state index in [4.69, 9.17) is 16.3 Å². The largest absolute Gasteiger partial charge is 0.495 e. The average Bonchev–Trinajstić information content (AvgIpc) is 3.04. The van der Waals surface area contributed by atoms with Gasteiger partial charge in [0.1, 0.15) is 5.75 Å². The molecule has 136 valence electrons. The second kappa shape index (κ2) is 8.23. The molecule has 1 fully saturated rings. The summed E-state index contributed by atoms with van der Waals surface area (Å²) in [4.78, 5) is 26.4. The van der Waals surface area contributed by atoms with Gasteiger partial charge in [-0.2, -0.15) is 0 Å². The fourth-order valence-electron chi connectivity index (χ4n) is 3.11. The van der Waals surface area contributed by atoms with Crippen molar-refractivity contribution in [1.29, 1.82) is 0 Å². The van der Waals surface area contributed by atoms with Crippen molar-refractivity contribution in [3.8, 4) is 5.75 Å². The number of methoxy groups -OCH3 is 1. The third kappa shape index (κ3) is 4.17. The third-order valence-corrected chi connectivity index (χ3v) is 4.72. The molecule has 1 aliphatic rings. The second-order valence-electron chi connectivity index (χ2n) is 6.25. The highest BCUT2D eigenvalue weighted by atomic mass is 35.5.